The van der Waals surface area contributed by atoms with E-state index in [1.807, 2.05) is 12.1 Å². The van der Waals surface area contributed by atoms with E-state index in [9.17, 15) is 4.39 Å². The summed E-state index contributed by atoms with van der Waals surface area (Å²) in [6, 6.07) is 10.8. The molecule has 2 aromatic rings. The summed E-state index contributed by atoms with van der Waals surface area (Å²) in [5.41, 5.74) is 9.66. The molecule has 0 aromatic heterocycles. The Hall–Kier alpha value is -1.74. The molecule has 104 valence electrons. The van der Waals surface area contributed by atoms with E-state index in [0.29, 0.717) is 17.1 Å². The minimum atomic E-state index is -0.256. The summed E-state index contributed by atoms with van der Waals surface area (Å²) in [6.45, 7) is 1.46. The number of fused-ring (bicyclic) bond motifs is 1. The first-order valence-corrected chi connectivity index (χ1v) is 7.08. The number of nitrogens with zero attached hydrogens (tertiary/aromatic N) is 1. The second kappa shape index (κ2) is 5.33. The zero-order chi connectivity index (χ0) is 14.1. The summed E-state index contributed by atoms with van der Waals surface area (Å²) < 4.78 is 13.9. The first kappa shape index (κ1) is 13.3. The van der Waals surface area contributed by atoms with Crippen molar-refractivity contribution in [1.29, 1.82) is 0 Å². The molecule has 20 heavy (non-hydrogen) atoms. The quantitative estimate of drug-likeness (QED) is 0.847. The van der Waals surface area contributed by atoms with Crippen LogP contribution in [-0.2, 0) is 13.0 Å². The van der Waals surface area contributed by atoms with Gasteiger partial charge in [-0.05, 0) is 42.7 Å². The van der Waals surface area contributed by atoms with Crippen LogP contribution in [0.2, 0.25) is 5.02 Å². The zero-order valence-corrected chi connectivity index (χ0v) is 11.8. The molecule has 2 nitrogen and oxygen atoms in total. The summed E-state index contributed by atoms with van der Waals surface area (Å²) >= 11 is 5.79. The van der Waals surface area contributed by atoms with Crippen molar-refractivity contribution in [3.05, 3.63) is 58.4 Å². The number of hydrogen-bond donors (Lipinski definition) is 1. The van der Waals surface area contributed by atoms with E-state index in [2.05, 4.69) is 11.0 Å². The Kier molecular flexibility index (Phi) is 3.53. The van der Waals surface area contributed by atoms with Gasteiger partial charge in [0.15, 0.2) is 0 Å². The molecule has 0 amide bonds. The van der Waals surface area contributed by atoms with E-state index >= 15 is 0 Å². The highest BCUT2D eigenvalue weighted by molar-refractivity contribution is 6.30. The second-order valence-electron chi connectivity index (χ2n) is 5.15. The van der Waals surface area contributed by atoms with Crippen molar-refractivity contribution < 1.29 is 4.39 Å². The molecule has 4 heteroatoms. The molecule has 1 heterocycles. The standard InChI is InChI=1S/C16H16ClFN2/c17-13-5-3-12(15(18)8-13)10-20-7-1-2-11-4-6-14(19)9-16(11)20/h3-6,8-9H,1-2,7,10,19H2. The van der Waals surface area contributed by atoms with Gasteiger partial charge in [0, 0.05) is 35.1 Å². The monoisotopic (exact) mass is 290 g/mol. The van der Waals surface area contributed by atoms with Crippen LogP contribution in [0, 0.1) is 5.82 Å². The predicted octanol–water partition coefficient (Wildman–Crippen LogP) is 4.01. The van der Waals surface area contributed by atoms with E-state index in [1.165, 1.54) is 11.6 Å². The minimum absolute atomic E-state index is 0.256. The maximum atomic E-state index is 13.9. The Morgan fingerprint density at radius 1 is 1.20 bits per heavy atom. The molecule has 0 saturated carbocycles. The van der Waals surface area contributed by atoms with Crippen LogP contribution in [0.15, 0.2) is 36.4 Å². The van der Waals surface area contributed by atoms with Gasteiger partial charge >= 0.3 is 0 Å². The van der Waals surface area contributed by atoms with Crippen molar-refractivity contribution in [2.45, 2.75) is 19.4 Å². The average Bonchev–Trinajstić information content (AvgIpc) is 2.42. The first-order valence-electron chi connectivity index (χ1n) is 6.71. The van der Waals surface area contributed by atoms with Crippen molar-refractivity contribution >= 4 is 23.0 Å². The van der Waals surface area contributed by atoms with Gasteiger partial charge in [0.05, 0.1) is 0 Å². The fraction of sp³-hybridized carbons (Fsp3) is 0.250. The van der Waals surface area contributed by atoms with Gasteiger partial charge in [-0.25, -0.2) is 4.39 Å². The first-order chi connectivity index (χ1) is 9.63. The Bertz CT molecular complexity index is 642. The zero-order valence-electron chi connectivity index (χ0n) is 11.1. The molecule has 2 N–H and O–H groups in total. The Balaban J connectivity index is 1.91. The van der Waals surface area contributed by atoms with E-state index < -0.39 is 0 Å². The van der Waals surface area contributed by atoms with Crippen LogP contribution < -0.4 is 10.6 Å². The molecule has 0 bridgehead atoms. The van der Waals surface area contributed by atoms with Crippen molar-refractivity contribution in [3.8, 4) is 0 Å². The maximum Gasteiger partial charge on any atom is 0.129 e. The third-order valence-corrected chi connectivity index (χ3v) is 3.94. The summed E-state index contributed by atoms with van der Waals surface area (Å²) in [6.07, 6.45) is 2.13. The van der Waals surface area contributed by atoms with Crippen LogP contribution in [0.3, 0.4) is 0 Å². The average molecular weight is 291 g/mol. The van der Waals surface area contributed by atoms with Gasteiger partial charge in [-0.15, -0.1) is 0 Å². The maximum absolute atomic E-state index is 13.9. The third kappa shape index (κ3) is 2.59. The van der Waals surface area contributed by atoms with Crippen LogP contribution in [0.5, 0.6) is 0 Å². The molecular weight excluding hydrogens is 275 g/mol. The molecule has 2 aromatic carbocycles. The van der Waals surface area contributed by atoms with Gasteiger partial charge in [-0.3, -0.25) is 0 Å². The molecule has 0 aliphatic carbocycles. The molecule has 0 atom stereocenters. The van der Waals surface area contributed by atoms with E-state index in [1.54, 1.807) is 12.1 Å². The normalized spacial score (nSPS) is 14.2. The predicted molar refractivity (Wildman–Crippen MR) is 81.6 cm³/mol. The molecule has 0 unspecified atom stereocenters. The topological polar surface area (TPSA) is 29.3 Å². The SMILES string of the molecule is Nc1ccc2c(c1)N(Cc1ccc(Cl)cc1F)CCC2. The molecule has 1 aliphatic heterocycles. The highest BCUT2D eigenvalue weighted by Crippen LogP contribution is 2.30. The van der Waals surface area contributed by atoms with Crippen molar-refractivity contribution in [1.82, 2.24) is 0 Å². The van der Waals surface area contributed by atoms with Crippen LogP contribution >= 0.6 is 11.6 Å². The molecule has 3 rings (SSSR count). The van der Waals surface area contributed by atoms with E-state index in [4.69, 9.17) is 17.3 Å². The van der Waals surface area contributed by atoms with Gasteiger partial charge in [0.2, 0.25) is 0 Å². The van der Waals surface area contributed by atoms with Gasteiger partial charge in [-0.2, -0.15) is 0 Å². The number of halogens is 2. The Labute approximate surface area is 123 Å². The molecule has 0 spiro atoms. The number of nitrogen functional groups attached to an aromatic ring is 1. The number of anilines is 2. The lowest BCUT2D eigenvalue weighted by atomic mass is 10.0. The van der Waals surface area contributed by atoms with Crippen molar-refractivity contribution in [2.75, 3.05) is 17.2 Å². The Morgan fingerprint density at radius 3 is 2.85 bits per heavy atom. The second-order valence-corrected chi connectivity index (χ2v) is 5.59. The molecule has 0 radical (unpaired) electrons. The van der Waals surface area contributed by atoms with Gasteiger partial charge < -0.3 is 10.6 Å². The van der Waals surface area contributed by atoms with Gasteiger partial charge in [0.1, 0.15) is 5.82 Å². The Morgan fingerprint density at radius 2 is 2.05 bits per heavy atom. The number of rotatable bonds is 2. The van der Waals surface area contributed by atoms with Crippen LogP contribution in [-0.4, -0.2) is 6.54 Å². The van der Waals surface area contributed by atoms with Crippen molar-refractivity contribution in [3.63, 3.8) is 0 Å². The van der Waals surface area contributed by atoms with Gasteiger partial charge in [0.25, 0.3) is 0 Å². The fourth-order valence-electron chi connectivity index (χ4n) is 2.69. The van der Waals surface area contributed by atoms with Crippen LogP contribution in [0.25, 0.3) is 0 Å². The highest BCUT2D eigenvalue weighted by Gasteiger charge is 2.18. The number of hydrogen-bond acceptors (Lipinski definition) is 2. The molecule has 0 saturated heterocycles. The van der Waals surface area contributed by atoms with Crippen molar-refractivity contribution in [2.24, 2.45) is 0 Å². The lowest BCUT2D eigenvalue weighted by Crippen LogP contribution is -2.29. The fourth-order valence-corrected chi connectivity index (χ4v) is 2.85. The van der Waals surface area contributed by atoms with E-state index in [0.717, 1.165) is 30.8 Å². The lowest BCUT2D eigenvalue weighted by Gasteiger charge is -2.31. The summed E-state index contributed by atoms with van der Waals surface area (Å²) in [7, 11) is 0. The number of benzene rings is 2. The highest BCUT2D eigenvalue weighted by atomic mass is 35.5. The third-order valence-electron chi connectivity index (χ3n) is 3.70. The lowest BCUT2D eigenvalue weighted by molar-refractivity contribution is 0.598. The summed E-state index contributed by atoms with van der Waals surface area (Å²) in [5, 5.41) is 0.425. The smallest absolute Gasteiger partial charge is 0.129 e. The number of aryl methyl sites for hydroxylation is 1. The molecule has 0 fully saturated rings. The summed E-state index contributed by atoms with van der Waals surface area (Å²) in [4.78, 5) is 2.18. The van der Waals surface area contributed by atoms with Gasteiger partial charge in [-0.1, -0.05) is 23.7 Å². The van der Waals surface area contributed by atoms with Crippen LogP contribution in [0.1, 0.15) is 17.5 Å². The largest absolute Gasteiger partial charge is 0.399 e. The summed E-state index contributed by atoms with van der Waals surface area (Å²) in [5.74, 6) is -0.256. The minimum Gasteiger partial charge on any atom is -0.399 e. The molecular formula is C16H16ClFN2. The number of nitrogens with two attached hydrogens (primary N) is 1. The molecule has 1 aliphatic rings. The van der Waals surface area contributed by atoms with Crippen LogP contribution in [0.4, 0.5) is 15.8 Å². The van der Waals surface area contributed by atoms with E-state index in [-0.39, 0.29) is 5.82 Å².